The van der Waals surface area contributed by atoms with Crippen LogP contribution in [-0.4, -0.2) is 66.9 Å². The van der Waals surface area contributed by atoms with Crippen LogP contribution in [0.1, 0.15) is 54.9 Å². The number of carbonyl (C=O) groups is 1. The molecule has 1 aromatic carbocycles. The minimum Gasteiger partial charge on any atom is -0.308 e. The Bertz CT molecular complexity index is 570. The summed E-state index contributed by atoms with van der Waals surface area (Å²) in [4.78, 5) is 17.7. The molecule has 2 fully saturated rings. The highest BCUT2D eigenvalue weighted by atomic mass is 16.1. The lowest BCUT2D eigenvalue weighted by molar-refractivity contribution is 0.00929. The third-order valence-electron chi connectivity index (χ3n) is 6.39. The van der Waals surface area contributed by atoms with Crippen LogP contribution < -0.4 is 5.32 Å². The van der Waals surface area contributed by atoms with Crippen LogP contribution in [0.2, 0.25) is 0 Å². The molecular weight excluding hydrogens is 322 g/mol. The third-order valence-corrected chi connectivity index (χ3v) is 6.39. The summed E-state index contributed by atoms with van der Waals surface area (Å²) >= 11 is 0. The summed E-state index contributed by atoms with van der Waals surface area (Å²) in [6.45, 7) is 11.5. The molecule has 0 radical (unpaired) electrons. The molecule has 1 saturated carbocycles. The highest BCUT2D eigenvalue weighted by molar-refractivity contribution is 5.97. The number of hydrogen-bond acceptors (Lipinski definition) is 4. The summed E-state index contributed by atoms with van der Waals surface area (Å²) in [6.07, 6.45) is 6.54. The molecule has 0 unspecified atom stereocenters. The van der Waals surface area contributed by atoms with Gasteiger partial charge < -0.3 is 10.2 Å². The van der Waals surface area contributed by atoms with Gasteiger partial charge in [-0.3, -0.25) is 9.69 Å². The van der Waals surface area contributed by atoms with E-state index in [0.717, 1.165) is 18.7 Å². The monoisotopic (exact) mass is 357 g/mol. The maximum atomic E-state index is 12.5. The van der Waals surface area contributed by atoms with Gasteiger partial charge in [0.1, 0.15) is 0 Å². The van der Waals surface area contributed by atoms with Gasteiger partial charge in [-0.05, 0) is 26.3 Å². The lowest BCUT2D eigenvalue weighted by atomic mass is 9.79. The van der Waals surface area contributed by atoms with Crippen molar-refractivity contribution < 1.29 is 4.79 Å². The summed E-state index contributed by atoms with van der Waals surface area (Å²) in [6, 6.07) is 7.92. The number of piperazine rings is 1. The second-order valence-corrected chi connectivity index (χ2v) is 8.10. The van der Waals surface area contributed by atoms with E-state index in [4.69, 9.17) is 0 Å². The van der Waals surface area contributed by atoms with Crippen LogP contribution in [0, 0.1) is 6.92 Å². The number of carbonyl (C=O) groups excluding carboxylic acids is 1. The highest BCUT2D eigenvalue weighted by Crippen LogP contribution is 2.34. The summed E-state index contributed by atoms with van der Waals surface area (Å²) < 4.78 is 0. The number of likely N-dealkylation sites (N-methyl/N-ethyl adjacent to an activating group) is 1. The average molecular weight is 358 g/mol. The van der Waals surface area contributed by atoms with Crippen molar-refractivity contribution in [2.75, 3.05) is 45.8 Å². The molecule has 1 heterocycles. The minimum absolute atomic E-state index is 0.201. The van der Waals surface area contributed by atoms with Crippen LogP contribution in [0.3, 0.4) is 0 Å². The number of nitrogens with one attached hydrogen (secondary N) is 1. The molecule has 1 N–H and O–H groups in total. The van der Waals surface area contributed by atoms with E-state index < -0.39 is 0 Å². The Morgan fingerprint density at radius 3 is 2.31 bits per heavy atom. The largest absolute Gasteiger partial charge is 0.308 e. The Balaban J connectivity index is 1.56. The van der Waals surface area contributed by atoms with Crippen molar-refractivity contribution in [3.8, 4) is 0 Å². The zero-order valence-corrected chi connectivity index (χ0v) is 16.6. The summed E-state index contributed by atoms with van der Waals surface area (Å²) in [7, 11) is 0. The van der Waals surface area contributed by atoms with Crippen LogP contribution >= 0.6 is 0 Å². The van der Waals surface area contributed by atoms with Gasteiger partial charge in [0.15, 0.2) is 5.78 Å². The molecule has 1 aromatic rings. The van der Waals surface area contributed by atoms with Gasteiger partial charge in [-0.2, -0.15) is 0 Å². The van der Waals surface area contributed by atoms with Crippen molar-refractivity contribution >= 4 is 5.78 Å². The first-order chi connectivity index (χ1) is 12.6. The van der Waals surface area contributed by atoms with E-state index in [-0.39, 0.29) is 11.3 Å². The Kier molecular flexibility index (Phi) is 6.85. The maximum absolute atomic E-state index is 12.5. The molecule has 4 heteroatoms. The van der Waals surface area contributed by atoms with Gasteiger partial charge in [0, 0.05) is 43.8 Å². The third kappa shape index (κ3) is 4.73. The Labute approximate surface area is 158 Å². The first-order valence-corrected chi connectivity index (χ1v) is 10.4. The standard InChI is InChI=1S/C22H35N3O/c1-3-24-13-15-25(16-14-24)22(11-5-4-6-12-22)18-23-17-21(26)20-9-7-19(2)8-10-20/h7-10,23H,3-6,11-18H2,1-2H3. The maximum Gasteiger partial charge on any atom is 0.176 e. The van der Waals surface area contributed by atoms with Crippen LogP contribution in [-0.2, 0) is 0 Å². The second-order valence-electron chi connectivity index (χ2n) is 8.10. The summed E-state index contributed by atoms with van der Waals surface area (Å²) in [5.41, 5.74) is 2.27. The van der Waals surface area contributed by atoms with Crippen LogP contribution in [0.5, 0.6) is 0 Å². The Morgan fingerprint density at radius 1 is 1.04 bits per heavy atom. The van der Waals surface area contributed by atoms with E-state index in [2.05, 4.69) is 29.0 Å². The van der Waals surface area contributed by atoms with E-state index in [1.165, 1.54) is 63.8 Å². The van der Waals surface area contributed by atoms with Gasteiger partial charge in [-0.25, -0.2) is 0 Å². The van der Waals surface area contributed by atoms with Gasteiger partial charge in [0.2, 0.25) is 0 Å². The molecule has 144 valence electrons. The minimum atomic E-state index is 0.201. The van der Waals surface area contributed by atoms with E-state index in [9.17, 15) is 4.79 Å². The van der Waals surface area contributed by atoms with Crippen LogP contribution in [0.25, 0.3) is 0 Å². The molecule has 0 amide bonds. The van der Waals surface area contributed by atoms with E-state index >= 15 is 0 Å². The summed E-state index contributed by atoms with van der Waals surface area (Å²) in [5.74, 6) is 0.201. The second kappa shape index (κ2) is 9.12. The summed E-state index contributed by atoms with van der Waals surface area (Å²) in [5, 5.41) is 3.53. The predicted octanol–water partition coefficient (Wildman–Crippen LogP) is 3.11. The number of nitrogens with zero attached hydrogens (tertiary/aromatic N) is 2. The molecule has 1 aliphatic carbocycles. The van der Waals surface area contributed by atoms with Gasteiger partial charge in [-0.1, -0.05) is 56.0 Å². The number of rotatable bonds is 7. The van der Waals surface area contributed by atoms with Gasteiger partial charge in [-0.15, -0.1) is 0 Å². The molecule has 2 aliphatic rings. The number of Topliss-reactive ketones (excluding diaryl/α,β-unsaturated/α-hetero) is 1. The molecule has 3 rings (SSSR count). The average Bonchev–Trinajstić information content (AvgIpc) is 2.69. The molecule has 26 heavy (non-hydrogen) atoms. The topological polar surface area (TPSA) is 35.6 Å². The lowest BCUT2D eigenvalue weighted by Gasteiger charge is -2.50. The van der Waals surface area contributed by atoms with Crippen LogP contribution in [0.4, 0.5) is 0 Å². The van der Waals surface area contributed by atoms with Gasteiger partial charge in [0.05, 0.1) is 6.54 Å². The fourth-order valence-electron chi connectivity index (χ4n) is 4.60. The van der Waals surface area contributed by atoms with Gasteiger partial charge >= 0.3 is 0 Å². The molecule has 4 nitrogen and oxygen atoms in total. The zero-order valence-electron chi connectivity index (χ0n) is 16.6. The van der Waals surface area contributed by atoms with Crippen molar-refractivity contribution in [2.45, 2.75) is 51.5 Å². The first-order valence-electron chi connectivity index (χ1n) is 10.4. The van der Waals surface area contributed by atoms with Crippen molar-refractivity contribution in [1.29, 1.82) is 0 Å². The SMILES string of the molecule is CCN1CCN(C2(CNCC(=O)c3ccc(C)cc3)CCCCC2)CC1. The zero-order chi connectivity index (χ0) is 18.4. The van der Waals surface area contributed by atoms with E-state index in [0.29, 0.717) is 6.54 Å². The van der Waals surface area contributed by atoms with Crippen molar-refractivity contribution in [3.63, 3.8) is 0 Å². The van der Waals surface area contributed by atoms with Crippen molar-refractivity contribution in [2.24, 2.45) is 0 Å². The lowest BCUT2D eigenvalue weighted by Crippen LogP contribution is -2.61. The number of aryl methyl sites for hydroxylation is 1. The number of ketones is 1. The number of hydrogen-bond donors (Lipinski definition) is 1. The van der Waals surface area contributed by atoms with Gasteiger partial charge in [0.25, 0.3) is 0 Å². The van der Waals surface area contributed by atoms with E-state index in [1.807, 2.05) is 24.3 Å². The number of benzene rings is 1. The molecule has 1 saturated heterocycles. The Morgan fingerprint density at radius 2 is 1.69 bits per heavy atom. The van der Waals surface area contributed by atoms with Crippen LogP contribution in [0.15, 0.2) is 24.3 Å². The fraction of sp³-hybridized carbons (Fsp3) is 0.682. The smallest absolute Gasteiger partial charge is 0.176 e. The molecule has 0 spiro atoms. The molecular formula is C22H35N3O. The first kappa shape index (κ1) is 19.5. The fourth-order valence-corrected chi connectivity index (χ4v) is 4.60. The van der Waals surface area contributed by atoms with Crippen molar-refractivity contribution in [1.82, 2.24) is 15.1 Å². The molecule has 1 aliphatic heterocycles. The van der Waals surface area contributed by atoms with E-state index in [1.54, 1.807) is 0 Å². The highest BCUT2D eigenvalue weighted by Gasteiger charge is 2.38. The quantitative estimate of drug-likeness (QED) is 0.761. The molecule has 0 atom stereocenters. The normalized spacial score (nSPS) is 21.6. The van der Waals surface area contributed by atoms with Crippen molar-refractivity contribution in [3.05, 3.63) is 35.4 Å². The Hall–Kier alpha value is -1.23. The molecule has 0 bridgehead atoms. The predicted molar refractivity (Wildman–Crippen MR) is 108 cm³/mol. The molecule has 0 aromatic heterocycles.